The van der Waals surface area contributed by atoms with Crippen molar-refractivity contribution in [1.29, 1.82) is 0 Å². The highest BCUT2D eigenvalue weighted by Gasteiger charge is 2.03. The second-order valence-corrected chi connectivity index (χ2v) is 4.15. The monoisotopic (exact) mass is 259 g/mol. The number of rotatable bonds is 5. The van der Waals surface area contributed by atoms with Gasteiger partial charge in [-0.15, -0.1) is 0 Å². The summed E-state index contributed by atoms with van der Waals surface area (Å²) in [4.78, 5) is 8.63. The molecule has 0 aliphatic carbocycles. The van der Waals surface area contributed by atoms with Crippen molar-refractivity contribution in [2.75, 3.05) is 12.4 Å². The molecular weight excluding hydrogens is 242 g/mol. The third-order valence-electron chi connectivity index (χ3n) is 2.61. The fourth-order valence-electron chi connectivity index (χ4n) is 1.70. The van der Waals surface area contributed by atoms with Gasteiger partial charge in [0, 0.05) is 18.8 Å². The average molecular weight is 259 g/mol. The van der Waals surface area contributed by atoms with Gasteiger partial charge < -0.3 is 15.2 Å². The Morgan fingerprint density at radius 3 is 2.84 bits per heavy atom. The van der Waals surface area contributed by atoms with Crippen molar-refractivity contribution in [2.24, 2.45) is 0 Å². The van der Waals surface area contributed by atoms with Crippen molar-refractivity contribution in [1.82, 2.24) is 9.97 Å². The van der Waals surface area contributed by atoms with Crippen LogP contribution in [-0.4, -0.2) is 22.1 Å². The highest BCUT2D eigenvalue weighted by Crippen LogP contribution is 2.15. The number of anilines is 1. The van der Waals surface area contributed by atoms with E-state index in [-0.39, 0.29) is 6.61 Å². The largest absolute Gasteiger partial charge is 0.486 e. The van der Waals surface area contributed by atoms with Gasteiger partial charge in [-0.25, -0.2) is 9.97 Å². The Labute approximate surface area is 112 Å². The summed E-state index contributed by atoms with van der Waals surface area (Å²) in [6.45, 7) is 2.21. The Morgan fingerprint density at radius 1 is 1.26 bits per heavy atom. The Balaban J connectivity index is 2.07. The summed E-state index contributed by atoms with van der Waals surface area (Å²) in [7, 11) is 1.82. The van der Waals surface area contributed by atoms with Crippen LogP contribution in [0.25, 0.3) is 0 Å². The smallest absolute Gasteiger partial charge is 0.168 e. The molecule has 2 N–H and O–H groups in total. The Kier molecular flexibility index (Phi) is 4.30. The second-order valence-electron chi connectivity index (χ2n) is 4.15. The SMILES string of the molecule is CNc1cc(C)nc(COc2cccc(CO)c2)n1. The van der Waals surface area contributed by atoms with E-state index in [0.717, 1.165) is 17.1 Å². The molecule has 1 aromatic heterocycles. The number of aliphatic hydroxyl groups is 1. The lowest BCUT2D eigenvalue weighted by atomic mass is 10.2. The van der Waals surface area contributed by atoms with Gasteiger partial charge in [0.1, 0.15) is 18.2 Å². The maximum absolute atomic E-state index is 9.06. The molecule has 0 aliphatic rings. The molecule has 19 heavy (non-hydrogen) atoms. The van der Waals surface area contributed by atoms with Gasteiger partial charge in [-0.05, 0) is 24.6 Å². The van der Waals surface area contributed by atoms with Crippen LogP contribution in [0.15, 0.2) is 30.3 Å². The normalized spacial score (nSPS) is 10.3. The van der Waals surface area contributed by atoms with Crippen LogP contribution >= 0.6 is 0 Å². The number of benzene rings is 1. The van der Waals surface area contributed by atoms with Crippen LogP contribution in [0.2, 0.25) is 0 Å². The number of aromatic nitrogens is 2. The molecule has 0 amide bonds. The number of hydrogen-bond donors (Lipinski definition) is 2. The molecule has 5 nitrogen and oxygen atoms in total. The molecule has 2 aromatic rings. The van der Waals surface area contributed by atoms with E-state index in [9.17, 15) is 0 Å². The maximum Gasteiger partial charge on any atom is 0.168 e. The number of aryl methyl sites for hydroxylation is 1. The summed E-state index contributed by atoms with van der Waals surface area (Å²) < 4.78 is 5.63. The molecule has 0 atom stereocenters. The van der Waals surface area contributed by atoms with Crippen LogP contribution in [0.4, 0.5) is 5.82 Å². The zero-order chi connectivity index (χ0) is 13.7. The number of nitrogens with zero attached hydrogens (tertiary/aromatic N) is 2. The van der Waals surface area contributed by atoms with E-state index >= 15 is 0 Å². The highest BCUT2D eigenvalue weighted by molar-refractivity contribution is 5.34. The molecule has 5 heteroatoms. The quantitative estimate of drug-likeness (QED) is 0.858. The van der Waals surface area contributed by atoms with Gasteiger partial charge in [-0.3, -0.25) is 0 Å². The highest BCUT2D eigenvalue weighted by atomic mass is 16.5. The Morgan fingerprint density at radius 2 is 2.11 bits per heavy atom. The fraction of sp³-hybridized carbons (Fsp3) is 0.286. The molecule has 0 bridgehead atoms. The van der Waals surface area contributed by atoms with Crippen molar-refractivity contribution >= 4 is 5.82 Å². The van der Waals surface area contributed by atoms with Gasteiger partial charge >= 0.3 is 0 Å². The van der Waals surface area contributed by atoms with Crippen LogP contribution in [0.3, 0.4) is 0 Å². The first-order chi connectivity index (χ1) is 9.21. The molecule has 100 valence electrons. The van der Waals surface area contributed by atoms with Gasteiger partial charge in [0.05, 0.1) is 6.61 Å². The lowest BCUT2D eigenvalue weighted by Gasteiger charge is -2.08. The van der Waals surface area contributed by atoms with E-state index in [1.165, 1.54) is 0 Å². The van der Waals surface area contributed by atoms with E-state index in [4.69, 9.17) is 9.84 Å². The van der Waals surface area contributed by atoms with Crippen LogP contribution < -0.4 is 10.1 Å². The lowest BCUT2D eigenvalue weighted by molar-refractivity contribution is 0.276. The molecule has 0 aliphatic heterocycles. The molecule has 1 aromatic carbocycles. The van der Waals surface area contributed by atoms with E-state index in [0.29, 0.717) is 18.2 Å². The van der Waals surface area contributed by atoms with Crippen LogP contribution in [0.1, 0.15) is 17.1 Å². The van der Waals surface area contributed by atoms with Gasteiger partial charge in [-0.1, -0.05) is 12.1 Å². The number of nitrogens with one attached hydrogen (secondary N) is 1. The zero-order valence-electron chi connectivity index (χ0n) is 11.1. The molecular formula is C14H17N3O2. The summed E-state index contributed by atoms with van der Waals surface area (Å²) in [5, 5.41) is 12.0. The first kappa shape index (κ1) is 13.3. The lowest BCUT2D eigenvalue weighted by Crippen LogP contribution is -2.05. The number of aliphatic hydroxyl groups excluding tert-OH is 1. The van der Waals surface area contributed by atoms with E-state index in [2.05, 4.69) is 15.3 Å². The predicted octanol–water partition coefficient (Wildman–Crippen LogP) is 1.90. The van der Waals surface area contributed by atoms with Gasteiger partial charge in [-0.2, -0.15) is 0 Å². The average Bonchev–Trinajstić information content (AvgIpc) is 2.44. The predicted molar refractivity (Wildman–Crippen MR) is 73.0 cm³/mol. The molecule has 0 radical (unpaired) electrons. The Hall–Kier alpha value is -2.14. The van der Waals surface area contributed by atoms with Crippen molar-refractivity contribution in [3.05, 3.63) is 47.4 Å². The van der Waals surface area contributed by atoms with Gasteiger partial charge in [0.15, 0.2) is 5.82 Å². The van der Waals surface area contributed by atoms with E-state index in [1.807, 2.05) is 38.2 Å². The van der Waals surface area contributed by atoms with Gasteiger partial charge in [0.25, 0.3) is 0 Å². The minimum atomic E-state index is 0.00203. The van der Waals surface area contributed by atoms with Crippen molar-refractivity contribution in [3.8, 4) is 5.75 Å². The number of ether oxygens (including phenoxy) is 1. The summed E-state index contributed by atoms with van der Waals surface area (Å²) in [5.74, 6) is 2.09. The first-order valence-electron chi connectivity index (χ1n) is 6.06. The van der Waals surface area contributed by atoms with Crippen molar-refractivity contribution < 1.29 is 9.84 Å². The molecule has 0 saturated carbocycles. The maximum atomic E-state index is 9.06. The summed E-state index contributed by atoms with van der Waals surface area (Å²) in [6.07, 6.45) is 0. The fourth-order valence-corrected chi connectivity index (χ4v) is 1.70. The third kappa shape index (κ3) is 3.66. The molecule has 2 rings (SSSR count). The Bertz CT molecular complexity index is 558. The topological polar surface area (TPSA) is 67.3 Å². The van der Waals surface area contributed by atoms with Crippen LogP contribution in [0, 0.1) is 6.92 Å². The minimum Gasteiger partial charge on any atom is -0.486 e. The molecule has 1 heterocycles. The summed E-state index contributed by atoms with van der Waals surface area (Å²) in [6, 6.07) is 9.20. The first-order valence-corrected chi connectivity index (χ1v) is 6.06. The zero-order valence-corrected chi connectivity index (χ0v) is 11.1. The van der Waals surface area contributed by atoms with Crippen LogP contribution in [0.5, 0.6) is 5.75 Å². The molecule has 0 spiro atoms. The van der Waals surface area contributed by atoms with Gasteiger partial charge in [0.2, 0.25) is 0 Å². The van der Waals surface area contributed by atoms with Crippen LogP contribution in [-0.2, 0) is 13.2 Å². The van der Waals surface area contributed by atoms with Crippen molar-refractivity contribution in [3.63, 3.8) is 0 Å². The van der Waals surface area contributed by atoms with Crippen molar-refractivity contribution in [2.45, 2.75) is 20.1 Å². The third-order valence-corrected chi connectivity index (χ3v) is 2.61. The van der Waals surface area contributed by atoms with E-state index in [1.54, 1.807) is 6.07 Å². The molecule has 0 fully saturated rings. The standard InChI is InChI=1S/C14H17N3O2/c1-10-6-13(15-2)17-14(16-10)9-19-12-5-3-4-11(7-12)8-18/h3-7,18H,8-9H2,1-2H3,(H,15,16,17). The molecule has 0 unspecified atom stereocenters. The molecule has 0 saturated heterocycles. The summed E-state index contributed by atoms with van der Waals surface area (Å²) >= 11 is 0. The number of hydrogen-bond acceptors (Lipinski definition) is 5. The minimum absolute atomic E-state index is 0.00203. The summed E-state index contributed by atoms with van der Waals surface area (Å²) in [5.41, 5.74) is 1.71. The second kappa shape index (κ2) is 6.15. The van der Waals surface area contributed by atoms with E-state index < -0.39 is 0 Å².